The number of ether oxygens (including phenoxy) is 1. The van der Waals surface area contributed by atoms with E-state index in [9.17, 15) is 0 Å². The molecule has 0 unspecified atom stereocenters. The summed E-state index contributed by atoms with van der Waals surface area (Å²) >= 11 is 1.70. The van der Waals surface area contributed by atoms with Gasteiger partial charge < -0.3 is 4.74 Å². The van der Waals surface area contributed by atoms with Crippen molar-refractivity contribution in [2.24, 2.45) is 0 Å². The second-order valence-corrected chi connectivity index (χ2v) is 5.71. The van der Waals surface area contributed by atoms with E-state index in [2.05, 4.69) is 24.0 Å². The average molecular weight is 263 g/mol. The number of hydrogen-bond donors (Lipinski definition) is 0. The van der Waals surface area contributed by atoms with Gasteiger partial charge >= 0.3 is 0 Å². The Morgan fingerprint density at radius 3 is 2.56 bits per heavy atom. The van der Waals surface area contributed by atoms with E-state index in [0.717, 1.165) is 16.7 Å². The molecule has 0 fully saturated rings. The topological polar surface area (TPSA) is 39.9 Å². The highest BCUT2D eigenvalue weighted by atomic mass is 32.2. The van der Waals surface area contributed by atoms with Crippen LogP contribution in [0.25, 0.3) is 5.69 Å². The molecule has 0 saturated heterocycles. The van der Waals surface area contributed by atoms with Crippen LogP contribution in [-0.2, 0) is 11.3 Å². The van der Waals surface area contributed by atoms with E-state index in [1.54, 1.807) is 18.9 Å². The second-order valence-electron chi connectivity index (χ2n) is 4.17. The Kier molecular flexibility index (Phi) is 4.38. The zero-order valence-corrected chi connectivity index (χ0v) is 11.6. The van der Waals surface area contributed by atoms with E-state index in [0.29, 0.717) is 11.9 Å². The van der Waals surface area contributed by atoms with Crippen LogP contribution in [0.2, 0.25) is 0 Å². The molecule has 0 spiro atoms. The SMILES string of the molecule is COCc1nnc(SC(C)C)n1-c1ccccc1. The first-order valence-corrected chi connectivity index (χ1v) is 6.75. The fraction of sp³-hybridized carbons (Fsp3) is 0.385. The Morgan fingerprint density at radius 2 is 1.94 bits per heavy atom. The molecule has 2 rings (SSSR count). The Hall–Kier alpha value is -1.33. The molecule has 0 aliphatic carbocycles. The van der Waals surface area contributed by atoms with Gasteiger partial charge in [-0.3, -0.25) is 4.57 Å². The first-order valence-electron chi connectivity index (χ1n) is 5.87. The molecule has 96 valence electrons. The van der Waals surface area contributed by atoms with Gasteiger partial charge in [-0.1, -0.05) is 43.8 Å². The van der Waals surface area contributed by atoms with Crippen molar-refractivity contribution in [3.63, 3.8) is 0 Å². The van der Waals surface area contributed by atoms with Crippen molar-refractivity contribution in [2.45, 2.75) is 30.9 Å². The lowest BCUT2D eigenvalue weighted by Crippen LogP contribution is -2.04. The lowest BCUT2D eigenvalue weighted by Gasteiger charge is -2.10. The van der Waals surface area contributed by atoms with Gasteiger partial charge in [0.05, 0.1) is 0 Å². The lowest BCUT2D eigenvalue weighted by atomic mass is 10.3. The molecule has 0 N–H and O–H groups in total. The van der Waals surface area contributed by atoms with Crippen LogP contribution in [0.1, 0.15) is 19.7 Å². The molecule has 0 aliphatic heterocycles. The third kappa shape index (κ3) is 2.91. The van der Waals surface area contributed by atoms with Gasteiger partial charge in [-0.05, 0) is 12.1 Å². The van der Waals surface area contributed by atoms with Crippen LogP contribution in [0.5, 0.6) is 0 Å². The minimum absolute atomic E-state index is 0.459. The Morgan fingerprint density at radius 1 is 1.22 bits per heavy atom. The smallest absolute Gasteiger partial charge is 0.196 e. The number of thioether (sulfide) groups is 1. The number of benzene rings is 1. The molecule has 5 heteroatoms. The zero-order valence-electron chi connectivity index (χ0n) is 10.8. The van der Waals surface area contributed by atoms with Crippen molar-refractivity contribution >= 4 is 11.8 Å². The van der Waals surface area contributed by atoms with Crippen molar-refractivity contribution in [1.82, 2.24) is 14.8 Å². The van der Waals surface area contributed by atoms with Gasteiger partial charge in [0.15, 0.2) is 11.0 Å². The summed E-state index contributed by atoms with van der Waals surface area (Å²) in [6, 6.07) is 10.1. The van der Waals surface area contributed by atoms with Gasteiger partial charge in [0.25, 0.3) is 0 Å². The molecule has 0 radical (unpaired) electrons. The van der Waals surface area contributed by atoms with Gasteiger partial charge in [-0.25, -0.2) is 0 Å². The molecular formula is C13H17N3OS. The largest absolute Gasteiger partial charge is 0.377 e. The van der Waals surface area contributed by atoms with E-state index in [1.165, 1.54) is 0 Å². The van der Waals surface area contributed by atoms with Crippen LogP contribution in [-0.4, -0.2) is 27.1 Å². The lowest BCUT2D eigenvalue weighted by molar-refractivity contribution is 0.176. The molecule has 2 aromatic rings. The van der Waals surface area contributed by atoms with Crippen molar-refractivity contribution in [2.75, 3.05) is 7.11 Å². The van der Waals surface area contributed by atoms with Crippen LogP contribution < -0.4 is 0 Å². The summed E-state index contributed by atoms with van der Waals surface area (Å²) in [6.45, 7) is 4.75. The predicted molar refractivity (Wildman–Crippen MR) is 73.1 cm³/mol. The van der Waals surface area contributed by atoms with Crippen molar-refractivity contribution < 1.29 is 4.74 Å². The third-order valence-corrected chi connectivity index (χ3v) is 3.28. The van der Waals surface area contributed by atoms with Crippen LogP contribution in [0.15, 0.2) is 35.5 Å². The third-order valence-electron chi connectivity index (χ3n) is 2.33. The molecular weight excluding hydrogens is 246 g/mol. The highest BCUT2D eigenvalue weighted by molar-refractivity contribution is 7.99. The van der Waals surface area contributed by atoms with Crippen LogP contribution in [0, 0.1) is 0 Å². The van der Waals surface area contributed by atoms with Crippen LogP contribution >= 0.6 is 11.8 Å². The average Bonchev–Trinajstić information content (AvgIpc) is 2.73. The fourth-order valence-corrected chi connectivity index (χ4v) is 2.47. The van der Waals surface area contributed by atoms with Crippen molar-refractivity contribution in [1.29, 1.82) is 0 Å². The summed E-state index contributed by atoms with van der Waals surface area (Å²) in [5.74, 6) is 0.826. The Balaban J connectivity index is 2.43. The molecule has 0 amide bonds. The Bertz CT molecular complexity index is 496. The number of nitrogens with zero attached hydrogens (tertiary/aromatic N) is 3. The first kappa shape index (κ1) is 13.1. The minimum Gasteiger partial charge on any atom is -0.377 e. The van der Waals surface area contributed by atoms with E-state index in [4.69, 9.17) is 4.74 Å². The molecule has 1 aromatic heterocycles. The van der Waals surface area contributed by atoms with E-state index in [-0.39, 0.29) is 0 Å². The van der Waals surface area contributed by atoms with E-state index >= 15 is 0 Å². The van der Waals surface area contributed by atoms with Gasteiger partial charge in [0.1, 0.15) is 6.61 Å². The summed E-state index contributed by atoms with van der Waals surface area (Å²) in [4.78, 5) is 0. The summed E-state index contributed by atoms with van der Waals surface area (Å²) in [6.07, 6.45) is 0. The highest BCUT2D eigenvalue weighted by Crippen LogP contribution is 2.25. The normalized spacial score (nSPS) is 11.1. The monoisotopic (exact) mass is 263 g/mol. The standard InChI is InChI=1S/C13H17N3OS/c1-10(2)18-13-15-14-12(9-17-3)16(13)11-7-5-4-6-8-11/h4-8,10H,9H2,1-3H3. The van der Waals surface area contributed by atoms with Gasteiger partial charge in [-0.2, -0.15) is 0 Å². The number of para-hydroxylation sites is 1. The Labute approximate surface area is 111 Å². The molecule has 1 aromatic carbocycles. The molecule has 4 nitrogen and oxygen atoms in total. The predicted octanol–water partition coefficient (Wildman–Crippen LogP) is 2.91. The quantitative estimate of drug-likeness (QED) is 0.778. The number of aromatic nitrogens is 3. The van der Waals surface area contributed by atoms with Gasteiger partial charge in [0, 0.05) is 18.0 Å². The van der Waals surface area contributed by atoms with Gasteiger partial charge in [-0.15, -0.1) is 10.2 Å². The summed E-state index contributed by atoms with van der Waals surface area (Å²) in [5.41, 5.74) is 1.07. The maximum Gasteiger partial charge on any atom is 0.196 e. The maximum atomic E-state index is 5.18. The van der Waals surface area contributed by atoms with Crippen LogP contribution in [0.3, 0.4) is 0 Å². The molecule has 18 heavy (non-hydrogen) atoms. The molecule has 0 aliphatic rings. The number of methoxy groups -OCH3 is 1. The first-order chi connectivity index (χ1) is 8.72. The van der Waals surface area contributed by atoms with Gasteiger partial charge in [0.2, 0.25) is 0 Å². The second kappa shape index (κ2) is 6.02. The zero-order chi connectivity index (χ0) is 13.0. The van der Waals surface area contributed by atoms with Crippen LogP contribution in [0.4, 0.5) is 0 Å². The summed E-state index contributed by atoms with van der Waals surface area (Å²) in [7, 11) is 1.67. The maximum absolute atomic E-state index is 5.18. The fourth-order valence-electron chi connectivity index (χ4n) is 1.65. The van der Waals surface area contributed by atoms with E-state index in [1.807, 2.05) is 34.9 Å². The molecule has 0 bridgehead atoms. The summed E-state index contributed by atoms with van der Waals surface area (Å²) < 4.78 is 7.23. The molecule has 0 saturated carbocycles. The molecule has 1 heterocycles. The van der Waals surface area contributed by atoms with Crippen molar-refractivity contribution in [3.05, 3.63) is 36.2 Å². The number of hydrogen-bond acceptors (Lipinski definition) is 4. The van der Waals surface area contributed by atoms with Crippen molar-refractivity contribution in [3.8, 4) is 5.69 Å². The number of rotatable bonds is 5. The summed E-state index contributed by atoms with van der Waals surface area (Å²) in [5, 5.41) is 9.82. The highest BCUT2D eigenvalue weighted by Gasteiger charge is 2.14. The minimum atomic E-state index is 0.459. The molecule has 0 atom stereocenters. The van der Waals surface area contributed by atoms with E-state index < -0.39 is 0 Å².